The minimum absolute atomic E-state index is 0.0398. The van der Waals surface area contributed by atoms with Gasteiger partial charge in [0.2, 0.25) is 5.75 Å². The molecule has 0 spiro atoms. The van der Waals surface area contributed by atoms with Crippen molar-refractivity contribution < 1.29 is 13.9 Å². The topological polar surface area (TPSA) is 56.5 Å². The Labute approximate surface area is 120 Å². The summed E-state index contributed by atoms with van der Waals surface area (Å²) in [5.74, 6) is -0.152. The van der Waals surface area contributed by atoms with Gasteiger partial charge in [-0.05, 0) is 12.1 Å². The number of fused-ring (bicyclic) bond motifs is 1. The van der Waals surface area contributed by atoms with Crippen LogP contribution in [0.15, 0.2) is 69.9 Å². The number of hydrogen-bond acceptors (Lipinski definition) is 4. The van der Waals surface area contributed by atoms with Gasteiger partial charge in [0, 0.05) is 10.9 Å². The molecule has 1 aromatic heterocycles. The zero-order valence-electron chi connectivity index (χ0n) is 11.1. The molecule has 2 aromatic carbocycles. The Morgan fingerprint density at radius 2 is 1.71 bits per heavy atom. The molecule has 3 aromatic rings. The molecule has 0 N–H and O–H groups in total. The van der Waals surface area contributed by atoms with E-state index < -0.39 is 5.63 Å². The molecule has 4 heteroatoms. The lowest BCUT2D eigenvalue weighted by Gasteiger charge is -2.05. The molecule has 0 radical (unpaired) electrons. The average Bonchev–Trinajstić information content (AvgIpc) is 2.53. The van der Waals surface area contributed by atoms with E-state index in [0.717, 1.165) is 5.39 Å². The molecule has 0 fully saturated rings. The Morgan fingerprint density at radius 3 is 2.52 bits per heavy atom. The number of para-hydroxylation sites is 1. The van der Waals surface area contributed by atoms with Crippen molar-refractivity contribution >= 4 is 16.8 Å². The molecule has 0 bridgehead atoms. The van der Waals surface area contributed by atoms with Crippen LogP contribution in [0.4, 0.5) is 0 Å². The molecular weight excluding hydrogens is 268 g/mol. The maximum absolute atomic E-state index is 11.9. The fraction of sp³-hybridized carbons (Fsp3) is 0.0588. The van der Waals surface area contributed by atoms with E-state index in [1.165, 1.54) is 0 Å². The molecule has 3 rings (SSSR count). The first-order valence-corrected chi connectivity index (χ1v) is 6.48. The van der Waals surface area contributed by atoms with Crippen LogP contribution in [0.1, 0.15) is 10.4 Å². The van der Waals surface area contributed by atoms with Gasteiger partial charge in [0.25, 0.3) is 0 Å². The van der Waals surface area contributed by atoms with Crippen molar-refractivity contribution in [3.05, 3.63) is 76.6 Å². The van der Waals surface area contributed by atoms with Gasteiger partial charge in [-0.15, -0.1) is 0 Å². The van der Waals surface area contributed by atoms with Gasteiger partial charge in [-0.3, -0.25) is 4.79 Å². The standard InChI is InChI=1S/C17H12O4/c18-14(12-6-2-1-3-7-12)11-20-16-10-13-8-4-5-9-15(13)21-17(16)19/h1-10H,11H2. The Kier molecular flexibility index (Phi) is 3.51. The van der Waals surface area contributed by atoms with E-state index in [0.29, 0.717) is 11.1 Å². The molecule has 4 nitrogen and oxygen atoms in total. The maximum atomic E-state index is 11.9. The number of benzene rings is 2. The molecule has 0 atom stereocenters. The van der Waals surface area contributed by atoms with E-state index in [9.17, 15) is 9.59 Å². The highest BCUT2D eigenvalue weighted by atomic mass is 16.5. The first-order valence-electron chi connectivity index (χ1n) is 6.48. The first-order chi connectivity index (χ1) is 10.2. The van der Waals surface area contributed by atoms with E-state index in [1.54, 1.807) is 42.5 Å². The molecule has 0 unspecified atom stereocenters. The third-order valence-corrected chi connectivity index (χ3v) is 3.06. The Hall–Kier alpha value is -2.88. The molecule has 0 aliphatic carbocycles. The summed E-state index contributed by atoms with van der Waals surface area (Å²) in [6, 6.07) is 17.5. The predicted octanol–water partition coefficient (Wildman–Crippen LogP) is 3.05. The SMILES string of the molecule is O=C(COc1cc2ccccc2oc1=O)c1ccccc1. The van der Waals surface area contributed by atoms with Crippen molar-refractivity contribution in [1.29, 1.82) is 0 Å². The van der Waals surface area contributed by atoms with Crippen LogP contribution in [0.3, 0.4) is 0 Å². The molecule has 0 saturated heterocycles. The number of ketones is 1. The smallest absolute Gasteiger partial charge is 0.379 e. The molecule has 104 valence electrons. The van der Waals surface area contributed by atoms with Crippen molar-refractivity contribution in [3.8, 4) is 5.75 Å². The highest BCUT2D eigenvalue weighted by Gasteiger charge is 2.10. The van der Waals surface area contributed by atoms with Crippen LogP contribution in [0.2, 0.25) is 0 Å². The number of ether oxygens (including phenoxy) is 1. The fourth-order valence-electron chi connectivity index (χ4n) is 1.99. The van der Waals surface area contributed by atoms with Crippen molar-refractivity contribution in [2.75, 3.05) is 6.61 Å². The van der Waals surface area contributed by atoms with Gasteiger partial charge in [-0.2, -0.15) is 0 Å². The number of carbonyl (C=O) groups is 1. The van der Waals surface area contributed by atoms with E-state index in [2.05, 4.69) is 0 Å². The lowest BCUT2D eigenvalue weighted by atomic mass is 10.1. The third-order valence-electron chi connectivity index (χ3n) is 3.06. The van der Waals surface area contributed by atoms with Crippen LogP contribution in [-0.4, -0.2) is 12.4 Å². The minimum Gasteiger partial charge on any atom is -0.478 e. The molecule has 1 heterocycles. The second-order valence-electron chi connectivity index (χ2n) is 4.51. The summed E-state index contributed by atoms with van der Waals surface area (Å²) in [4.78, 5) is 23.7. The third kappa shape index (κ3) is 2.84. The Bertz CT molecular complexity index is 834. The van der Waals surface area contributed by atoms with Gasteiger partial charge < -0.3 is 9.15 Å². The van der Waals surface area contributed by atoms with Gasteiger partial charge in [0.1, 0.15) is 5.58 Å². The van der Waals surface area contributed by atoms with Crippen LogP contribution in [0.5, 0.6) is 5.75 Å². The molecule has 0 saturated carbocycles. The average molecular weight is 280 g/mol. The number of rotatable bonds is 4. The quantitative estimate of drug-likeness (QED) is 0.544. The lowest BCUT2D eigenvalue weighted by molar-refractivity contribution is 0.0919. The summed E-state index contributed by atoms with van der Waals surface area (Å²) >= 11 is 0. The largest absolute Gasteiger partial charge is 0.478 e. The lowest BCUT2D eigenvalue weighted by Crippen LogP contribution is -2.15. The summed E-state index contributed by atoms with van der Waals surface area (Å²) in [7, 11) is 0. The zero-order valence-corrected chi connectivity index (χ0v) is 11.1. The van der Waals surface area contributed by atoms with E-state index in [-0.39, 0.29) is 18.1 Å². The summed E-state index contributed by atoms with van der Waals surface area (Å²) in [6.45, 7) is -0.201. The fourth-order valence-corrected chi connectivity index (χ4v) is 1.99. The number of hydrogen-bond donors (Lipinski definition) is 0. The van der Waals surface area contributed by atoms with E-state index in [4.69, 9.17) is 9.15 Å². The van der Waals surface area contributed by atoms with E-state index in [1.807, 2.05) is 18.2 Å². The summed E-state index contributed by atoms with van der Waals surface area (Å²) in [5.41, 5.74) is 0.446. The second-order valence-corrected chi connectivity index (χ2v) is 4.51. The highest BCUT2D eigenvalue weighted by Crippen LogP contribution is 2.16. The van der Waals surface area contributed by atoms with Gasteiger partial charge in [0.15, 0.2) is 12.4 Å². The summed E-state index contributed by atoms with van der Waals surface area (Å²) in [6.07, 6.45) is 0. The van der Waals surface area contributed by atoms with E-state index >= 15 is 0 Å². The van der Waals surface area contributed by atoms with Gasteiger partial charge in [-0.1, -0.05) is 48.5 Å². The molecular formula is C17H12O4. The van der Waals surface area contributed by atoms with Gasteiger partial charge >= 0.3 is 5.63 Å². The predicted molar refractivity (Wildman–Crippen MR) is 78.8 cm³/mol. The monoisotopic (exact) mass is 280 g/mol. The van der Waals surface area contributed by atoms with Crippen molar-refractivity contribution in [3.63, 3.8) is 0 Å². The van der Waals surface area contributed by atoms with Crippen molar-refractivity contribution in [2.45, 2.75) is 0 Å². The zero-order chi connectivity index (χ0) is 14.7. The number of carbonyl (C=O) groups excluding carboxylic acids is 1. The van der Waals surface area contributed by atoms with Gasteiger partial charge in [-0.25, -0.2) is 4.79 Å². The normalized spacial score (nSPS) is 10.5. The minimum atomic E-state index is -0.588. The Morgan fingerprint density at radius 1 is 1.00 bits per heavy atom. The van der Waals surface area contributed by atoms with Crippen molar-refractivity contribution in [2.24, 2.45) is 0 Å². The summed E-state index contributed by atoms with van der Waals surface area (Å²) < 4.78 is 10.4. The maximum Gasteiger partial charge on any atom is 0.379 e. The second kappa shape index (κ2) is 5.63. The Balaban J connectivity index is 1.81. The van der Waals surface area contributed by atoms with Crippen LogP contribution in [-0.2, 0) is 0 Å². The summed E-state index contributed by atoms with van der Waals surface area (Å²) in [5, 5.41) is 0.749. The molecule has 0 amide bonds. The van der Waals surface area contributed by atoms with Crippen LogP contribution >= 0.6 is 0 Å². The van der Waals surface area contributed by atoms with Crippen LogP contribution in [0.25, 0.3) is 11.0 Å². The van der Waals surface area contributed by atoms with Crippen molar-refractivity contribution in [1.82, 2.24) is 0 Å². The number of Topliss-reactive ketones (excluding diaryl/α,β-unsaturated/α-hetero) is 1. The van der Waals surface area contributed by atoms with Gasteiger partial charge in [0.05, 0.1) is 0 Å². The van der Waals surface area contributed by atoms with Crippen LogP contribution < -0.4 is 10.4 Å². The first kappa shape index (κ1) is 13.1. The highest BCUT2D eigenvalue weighted by molar-refractivity contribution is 5.97. The molecule has 21 heavy (non-hydrogen) atoms. The molecule has 0 aliphatic heterocycles. The molecule has 0 aliphatic rings. The van der Waals surface area contributed by atoms with Crippen LogP contribution in [0, 0.1) is 0 Å².